The van der Waals surface area contributed by atoms with Crippen molar-refractivity contribution in [1.82, 2.24) is 0 Å². The lowest BCUT2D eigenvalue weighted by Crippen LogP contribution is -2.74. The van der Waals surface area contributed by atoms with Crippen LogP contribution in [0.25, 0.3) is 21.9 Å². The van der Waals surface area contributed by atoms with Crippen molar-refractivity contribution in [3.05, 3.63) is 266 Å². The smallest absolute Gasteiger partial charge is 0.179 e. The summed E-state index contributed by atoms with van der Waals surface area (Å²) < 4.78 is 0. The molecule has 0 unspecified atom stereocenters. The van der Waals surface area contributed by atoms with Crippen molar-refractivity contribution in [2.45, 2.75) is 19.3 Å². The zero-order valence-electron chi connectivity index (χ0n) is 36.1. The third-order valence-electron chi connectivity index (χ3n) is 13.3. The van der Waals surface area contributed by atoms with E-state index in [0.717, 1.165) is 28.4 Å². The van der Waals surface area contributed by atoms with Crippen LogP contribution in [0.3, 0.4) is 0 Å². The van der Waals surface area contributed by atoms with Gasteiger partial charge in [0, 0.05) is 33.9 Å². The second-order valence-electron chi connectivity index (χ2n) is 17.3. The largest absolute Gasteiger partial charge is 0.310 e. The van der Waals surface area contributed by atoms with Gasteiger partial charge in [-0.3, -0.25) is 0 Å². The predicted octanol–water partition coefficient (Wildman–Crippen LogP) is 13.5. The molecular formula is C61H48N2Si. The number of hydrogen-bond donors (Lipinski definition) is 0. The number of hydrogen-bond acceptors (Lipinski definition) is 2. The molecule has 1 aliphatic carbocycles. The second kappa shape index (κ2) is 16.2. The first-order valence-corrected chi connectivity index (χ1v) is 24.3. The maximum Gasteiger partial charge on any atom is 0.179 e. The molecule has 64 heavy (non-hydrogen) atoms. The highest BCUT2D eigenvalue weighted by molar-refractivity contribution is 7.20. The molecule has 3 heteroatoms. The number of benzene rings is 10. The van der Waals surface area contributed by atoms with E-state index in [9.17, 15) is 0 Å². The van der Waals surface area contributed by atoms with Crippen molar-refractivity contribution >= 4 is 73.7 Å². The van der Waals surface area contributed by atoms with Crippen molar-refractivity contribution in [3.8, 4) is 11.1 Å². The minimum atomic E-state index is -2.98. The van der Waals surface area contributed by atoms with Gasteiger partial charge in [-0.1, -0.05) is 202 Å². The Kier molecular flexibility index (Phi) is 9.91. The van der Waals surface area contributed by atoms with Crippen LogP contribution < -0.4 is 30.5 Å². The summed E-state index contributed by atoms with van der Waals surface area (Å²) >= 11 is 0. The molecule has 0 aromatic heterocycles. The fourth-order valence-corrected chi connectivity index (χ4v) is 15.2. The van der Waals surface area contributed by atoms with Gasteiger partial charge in [0.2, 0.25) is 0 Å². The van der Waals surface area contributed by atoms with Crippen LogP contribution >= 0.6 is 0 Å². The summed E-state index contributed by atoms with van der Waals surface area (Å²) in [6.45, 7) is 4.76. The summed E-state index contributed by atoms with van der Waals surface area (Å²) in [6, 6.07) is 94.2. The van der Waals surface area contributed by atoms with Crippen molar-refractivity contribution < 1.29 is 0 Å². The van der Waals surface area contributed by atoms with Crippen molar-refractivity contribution in [1.29, 1.82) is 0 Å². The van der Waals surface area contributed by atoms with E-state index in [1.165, 1.54) is 59.5 Å². The number of anilines is 6. The highest BCUT2D eigenvalue weighted by Gasteiger charge is 2.43. The minimum absolute atomic E-state index is 0.192. The van der Waals surface area contributed by atoms with Gasteiger partial charge in [-0.25, -0.2) is 0 Å². The lowest BCUT2D eigenvalue weighted by Gasteiger charge is -2.36. The average molecular weight is 837 g/mol. The van der Waals surface area contributed by atoms with E-state index < -0.39 is 8.07 Å². The van der Waals surface area contributed by atoms with E-state index in [0.29, 0.717) is 0 Å². The van der Waals surface area contributed by atoms with E-state index in [1.807, 2.05) is 0 Å². The van der Waals surface area contributed by atoms with Crippen molar-refractivity contribution in [3.63, 3.8) is 0 Å². The summed E-state index contributed by atoms with van der Waals surface area (Å²) in [5, 5.41) is 7.76. The van der Waals surface area contributed by atoms with Crippen LogP contribution in [0.1, 0.15) is 25.0 Å². The average Bonchev–Trinajstić information content (AvgIpc) is 3.60. The van der Waals surface area contributed by atoms with Gasteiger partial charge in [-0.15, -0.1) is 0 Å². The lowest BCUT2D eigenvalue weighted by molar-refractivity contribution is 0.661. The Hall–Kier alpha value is -7.72. The monoisotopic (exact) mass is 836 g/mol. The SMILES string of the molecule is CC1(C)c2ccccc2-c2cccc(N(c3ccccc3)c3cccc([Si](c4ccccc4)(c4ccccc4)c4ccc(N(c5ccccc5)c5ccc6ccccc6c5)cc4)c3)c21. The molecule has 1 aliphatic rings. The van der Waals surface area contributed by atoms with Gasteiger partial charge < -0.3 is 9.80 Å². The fraction of sp³-hybridized carbons (Fsp3) is 0.0492. The highest BCUT2D eigenvalue weighted by Crippen LogP contribution is 2.54. The zero-order chi connectivity index (χ0) is 43.1. The molecule has 0 saturated heterocycles. The minimum Gasteiger partial charge on any atom is -0.310 e. The normalized spacial score (nSPS) is 12.7. The Labute approximate surface area is 378 Å². The van der Waals surface area contributed by atoms with E-state index in [4.69, 9.17) is 0 Å². The Morgan fingerprint density at radius 2 is 0.766 bits per heavy atom. The summed E-state index contributed by atoms with van der Waals surface area (Å²) in [5.74, 6) is 0. The topological polar surface area (TPSA) is 6.48 Å². The van der Waals surface area contributed by atoms with Crippen LogP contribution in [0.5, 0.6) is 0 Å². The Bertz CT molecular complexity index is 3200. The van der Waals surface area contributed by atoms with Crippen LogP contribution in [0.15, 0.2) is 255 Å². The third-order valence-corrected chi connectivity index (χ3v) is 18.1. The number of nitrogens with zero attached hydrogens (tertiary/aromatic N) is 2. The molecule has 0 aliphatic heterocycles. The Morgan fingerprint density at radius 1 is 0.312 bits per heavy atom. The molecular weight excluding hydrogens is 789 g/mol. The van der Waals surface area contributed by atoms with E-state index in [2.05, 4.69) is 278 Å². The van der Waals surface area contributed by atoms with Gasteiger partial charge in [-0.2, -0.15) is 0 Å². The van der Waals surface area contributed by atoms with Crippen LogP contribution in [0, 0.1) is 0 Å². The van der Waals surface area contributed by atoms with Crippen molar-refractivity contribution in [2.75, 3.05) is 9.80 Å². The van der Waals surface area contributed by atoms with Crippen LogP contribution in [0.2, 0.25) is 0 Å². The molecule has 306 valence electrons. The van der Waals surface area contributed by atoms with Crippen LogP contribution in [0.4, 0.5) is 34.1 Å². The fourth-order valence-electron chi connectivity index (χ4n) is 10.5. The molecule has 10 aromatic rings. The van der Waals surface area contributed by atoms with E-state index in [-0.39, 0.29) is 5.41 Å². The van der Waals surface area contributed by atoms with E-state index >= 15 is 0 Å². The molecule has 0 fully saturated rings. The maximum atomic E-state index is 2.50. The van der Waals surface area contributed by atoms with Crippen LogP contribution in [-0.4, -0.2) is 8.07 Å². The molecule has 2 nitrogen and oxygen atoms in total. The number of fused-ring (bicyclic) bond motifs is 4. The maximum absolute atomic E-state index is 2.98. The Balaban J connectivity index is 1.12. The first-order valence-electron chi connectivity index (χ1n) is 22.3. The number of para-hydroxylation sites is 2. The molecule has 0 heterocycles. The summed E-state index contributed by atoms with van der Waals surface area (Å²) in [6.07, 6.45) is 0. The zero-order valence-corrected chi connectivity index (χ0v) is 37.1. The van der Waals surface area contributed by atoms with Crippen molar-refractivity contribution in [2.24, 2.45) is 0 Å². The van der Waals surface area contributed by atoms with E-state index in [1.54, 1.807) is 0 Å². The standard InChI is InChI=1S/C61H48N2Si/c1-61(2)58-35-18-17-33-56(58)57-34-20-36-59(60(57)61)63(48-25-9-4-10-26-48)50-27-19-32-55(44-50)64(52-28-11-5-12-29-52,53-30-13-6-14-31-53)54-41-39-49(40-42-54)62(47-23-7-3-8-24-47)51-38-37-45-21-15-16-22-46(45)43-51/h3-44H,1-2H3. The van der Waals surface area contributed by atoms with Gasteiger partial charge >= 0.3 is 0 Å². The number of rotatable bonds is 10. The highest BCUT2D eigenvalue weighted by atomic mass is 28.3. The molecule has 0 amide bonds. The molecule has 0 spiro atoms. The second-order valence-corrected chi connectivity index (χ2v) is 21.1. The first kappa shape index (κ1) is 39.1. The molecule has 0 N–H and O–H groups in total. The van der Waals surface area contributed by atoms with Gasteiger partial charge in [0.1, 0.15) is 0 Å². The van der Waals surface area contributed by atoms with Crippen LogP contribution in [-0.2, 0) is 5.41 Å². The molecule has 0 bridgehead atoms. The lowest BCUT2D eigenvalue weighted by atomic mass is 9.81. The summed E-state index contributed by atoms with van der Waals surface area (Å²) in [5.41, 5.74) is 12.0. The molecule has 0 radical (unpaired) electrons. The predicted molar refractivity (Wildman–Crippen MR) is 274 cm³/mol. The third kappa shape index (κ3) is 6.56. The summed E-state index contributed by atoms with van der Waals surface area (Å²) in [7, 11) is -2.98. The quantitative estimate of drug-likeness (QED) is 0.100. The van der Waals surface area contributed by atoms with Gasteiger partial charge in [-0.05, 0) is 121 Å². The van der Waals surface area contributed by atoms with Gasteiger partial charge in [0.15, 0.2) is 8.07 Å². The van der Waals surface area contributed by atoms with Gasteiger partial charge in [0.05, 0.1) is 5.69 Å². The van der Waals surface area contributed by atoms with Gasteiger partial charge in [0.25, 0.3) is 0 Å². The Morgan fingerprint density at radius 3 is 1.44 bits per heavy atom. The molecule has 10 aromatic carbocycles. The summed E-state index contributed by atoms with van der Waals surface area (Å²) in [4.78, 5) is 4.87. The molecule has 0 saturated carbocycles. The molecule has 11 rings (SSSR count). The molecule has 0 atom stereocenters. The first-order chi connectivity index (χ1) is 31.5.